The molecule has 0 aliphatic carbocycles. The molecule has 3 aromatic rings. The number of rotatable bonds is 5. The SMILES string of the molecule is CSCc1ccc(C(=O)N2CCN(Cc3nc4ccccc4s3)CC2)cc1. The second kappa shape index (κ2) is 8.42. The van der Waals surface area contributed by atoms with Crippen molar-refractivity contribution in [3.63, 3.8) is 0 Å². The fraction of sp³-hybridized carbons (Fsp3) is 0.333. The largest absolute Gasteiger partial charge is 0.336 e. The number of hydrogen-bond donors (Lipinski definition) is 0. The molecule has 6 heteroatoms. The Labute approximate surface area is 168 Å². The van der Waals surface area contributed by atoms with Gasteiger partial charge in [0.05, 0.1) is 16.8 Å². The van der Waals surface area contributed by atoms with Crippen molar-refractivity contribution in [2.75, 3.05) is 32.4 Å². The van der Waals surface area contributed by atoms with Crippen LogP contribution in [0.25, 0.3) is 10.2 Å². The van der Waals surface area contributed by atoms with Crippen LogP contribution in [-0.4, -0.2) is 53.1 Å². The van der Waals surface area contributed by atoms with Gasteiger partial charge in [-0.15, -0.1) is 11.3 Å². The fourth-order valence-electron chi connectivity index (χ4n) is 3.38. The van der Waals surface area contributed by atoms with Gasteiger partial charge in [-0.3, -0.25) is 9.69 Å². The zero-order chi connectivity index (χ0) is 18.6. The van der Waals surface area contributed by atoms with Crippen LogP contribution >= 0.6 is 23.1 Å². The number of carbonyl (C=O) groups excluding carboxylic acids is 1. The van der Waals surface area contributed by atoms with Crippen LogP contribution in [0, 0.1) is 0 Å². The van der Waals surface area contributed by atoms with E-state index in [4.69, 9.17) is 4.98 Å². The summed E-state index contributed by atoms with van der Waals surface area (Å²) in [5.41, 5.74) is 3.13. The highest BCUT2D eigenvalue weighted by Crippen LogP contribution is 2.23. The van der Waals surface area contributed by atoms with Gasteiger partial charge in [-0.25, -0.2) is 4.98 Å². The number of hydrogen-bond acceptors (Lipinski definition) is 5. The highest BCUT2D eigenvalue weighted by Gasteiger charge is 2.22. The van der Waals surface area contributed by atoms with Gasteiger partial charge in [0, 0.05) is 37.5 Å². The van der Waals surface area contributed by atoms with Gasteiger partial charge >= 0.3 is 0 Å². The Morgan fingerprint density at radius 2 is 1.81 bits per heavy atom. The third-order valence-corrected chi connectivity index (χ3v) is 6.51. The molecule has 0 atom stereocenters. The number of nitrogens with zero attached hydrogens (tertiary/aromatic N) is 3. The van der Waals surface area contributed by atoms with Crippen LogP contribution in [0.15, 0.2) is 48.5 Å². The smallest absolute Gasteiger partial charge is 0.253 e. The van der Waals surface area contributed by atoms with E-state index in [1.807, 2.05) is 23.1 Å². The lowest BCUT2D eigenvalue weighted by molar-refractivity contribution is 0.0628. The van der Waals surface area contributed by atoms with Gasteiger partial charge in [-0.05, 0) is 36.1 Å². The minimum Gasteiger partial charge on any atom is -0.336 e. The minimum absolute atomic E-state index is 0.144. The van der Waals surface area contributed by atoms with E-state index in [-0.39, 0.29) is 5.91 Å². The van der Waals surface area contributed by atoms with E-state index < -0.39 is 0 Å². The van der Waals surface area contributed by atoms with E-state index in [9.17, 15) is 4.79 Å². The molecule has 1 aromatic heterocycles. The number of amides is 1. The van der Waals surface area contributed by atoms with E-state index in [1.165, 1.54) is 10.3 Å². The number of thioether (sulfide) groups is 1. The number of thiazole rings is 1. The monoisotopic (exact) mass is 397 g/mol. The standard InChI is InChI=1S/C21H23N3OS2/c1-26-15-16-6-8-17(9-7-16)21(25)24-12-10-23(11-13-24)14-20-22-18-4-2-3-5-19(18)27-20/h2-9H,10-15H2,1H3. The van der Waals surface area contributed by atoms with Gasteiger partial charge in [0.25, 0.3) is 5.91 Å². The molecule has 1 aliphatic rings. The Morgan fingerprint density at radius 1 is 1.07 bits per heavy atom. The molecular weight excluding hydrogens is 374 g/mol. The average Bonchev–Trinajstić information content (AvgIpc) is 3.11. The van der Waals surface area contributed by atoms with Gasteiger partial charge in [-0.2, -0.15) is 11.8 Å². The Morgan fingerprint density at radius 3 is 2.52 bits per heavy atom. The van der Waals surface area contributed by atoms with Crippen LogP contribution in [0.4, 0.5) is 0 Å². The normalized spacial score (nSPS) is 15.4. The van der Waals surface area contributed by atoms with Crippen LogP contribution in [0.3, 0.4) is 0 Å². The molecule has 4 nitrogen and oxygen atoms in total. The molecule has 0 saturated carbocycles. The second-order valence-corrected chi connectivity index (χ2v) is 8.75. The summed E-state index contributed by atoms with van der Waals surface area (Å²) in [6.45, 7) is 4.20. The van der Waals surface area contributed by atoms with Crippen molar-refractivity contribution in [3.05, 3.63) is 64.7 Å². The lowest BCUT2D eigenvalue weighted by atomic mass is 10.1. The van der Waals surface area contributed by atoms with E-state index in [0.29, 0.717) is 0 Å². The van der Waals surface area contributed by atoms with Gasteiger partial charge in [0.15, 0.2) is 0 Å². The molecule has 0 spiro atoms. The van der Waals surface area contributed by atoms with Crippen LogP contribution in [0.5, 0.6) is 0 Å². The van der Waals surface area contributed by atoms with Crippen LogP contribution in [0.1, 0.15) is 20.9 Å². The molecule has 27 heavy (non-hydrogen) atoms. The van der Waals surface area contributed by atoms with Crippen molar-refractivity contribution >= 4 is 39.2 Å². The molecule has 4 rings (SSSR count). The third kappa shape index (κ3) is 4.34. The fourth-order valence-corrected chi connectivity index (χ4v) is 4.92. The van der Waals surface area contributed by atoms with Gasteiger partial charge in [0.1, 0.15) is 5.01 Å². The molecule has 2 heterocycles. The minimum atomic E-state index is 0.144. The maximum Gasteiger partial charge on any atom is 0.253 e. The zero-order valence-electron chi connectivity index (χ0n) is 15.4. The molecule has 1 saturated heterocycles. The van der Waals surface area contributed by atoms with Crippen molar-refractivity contribution in [2.45, 2.75) is 12.3 Å². The summed E-state index contributed by atoms with van der Waals surface area (Å²) in [6.07, 6.45) is 2.09. The van der Waals surface area contributed by atoms with E-state index >= 15 is 0 Å². The Bertz CT molecular complexity index is 882. The summed E-state index contributed by atoms with van der Waals surface area (Å²) >= 11 is 3.56. The number of benzene rings is 2. The lowest BCUT2D eigenvalue weighted by Crippen LogP contribution is -2.48. The lowest BCUT2D eigenvalue weighted by Gasteiger charge is -2.34. The first-order valence-corrected chi connectivity index (χ1v) is 11.4. The number of aromatic nitrogens is 1. The van der Waals surface area contributed by atoms with Gasteiger partial charge in [-0.1, -0.05) is 24.3 Å². The Kier molecular flexibility index (Phi) is 5.76. The maximum absolute atomic E-state index is 12.7. The molecular formula is C21H23N3OS2. The highest BCUT2D eigenvalue weighted by atomic mass is 32.2. The summed E-state index contributed by atoms with van der Waals surface area (Å²) in [5, 5.41) is 1.15. The number of piperazine rings is 1. The van der Waals surface area contributed by atoms with Crippen LogP contribution in [-0.2, 0) is 12.3 Å². The third-order valence-electron chi connectivity index (χ3n) is 4.87. The van der Waals surface area contributed by atoms with Crippen molar-refractivity contribution in [1.82, 2.24) is 14.8 Å². The summed E-state index contributed by atoms with van der Waals surface area (Å²) in [6, 6.07) is 16.3. The highest BCUT2D eigenvalue weighted by molar-refractivity contribution is 7.97. The van der Waals surface area contributed by atoms with Crippen LogP contribution < -0.4 is 0 Å². The summed E-state index contributed by atoms with van der Waals surface area (Å²) in [4.78, 5) is 21.8. The maximum atomic E-state index is 12.7. The molecule has 140 valence electrons. The van der Waals surface area contributed by atoms with Crippen molar-refractivity contribution in [2.24, 2.45) is 0 Å². The molecule has 1 amide bonds. The number of fused-ring (bicyclic) bond motifs is 1. The molecule has 0 radical (unpaired) electrons. The molecule has 0 N–H and O–H groups in total. The number of carbonyl (C=O) groups is 1. The Balaban J connectivity index is 1.33. The molecule has 1 aliphatic heterocycles. The first-order chi connectivity index (χ1) is 13.2. The van der Waals surface area contributed by atoms with Gasteiger partial charge < -0.3 is 4.90 Å². The molecule has 2 aromatic carbocycles. The summed E-state index contributed by atoms with van der Waals surface area (Å²) in [5.74, 6) is 1.13. The number of para-hydroxylation sites is 1. The molecule has 1 fully saturated rings. The average molecular weight is 398 g/mol. The predicted molar refractivity (Wildman–Crippen MR) is 114 cm³/mol. The summed E-state index contributed by atoms with van der Waals surface area (Å²) < 4.78 is 1.24. The quantitative estimate of drug-likeness (QED) is 0.649. The van der Waals surface area contributed by atoms with Crippen molar-refractivity contribution in [3.8, 4) is 0 Å². The second-order valence-electron chi connectivity index (χ2n) is 6.77. The van der Waals surface area contributed by atoms with Crippen molar-refractivity contribution in [1.29, 1.82) is 0 Å². The van der Waals surface area contributed by atoms with Crippen molar-refractivity contribution < 1.29 is 4.79 Å². The zero-order valence-corrected chi connectivity index (χ0v) is 17.1. The predicted octanol–water partition coefficient (Wildman–Crippen LogP) is 4.12. The van der Waals surface area contributed by atoms with Gasteiger partial charge in [0.2, 0.25) is 0 Å². The first-order valence-electron chi connectivity index (χ1n) is 9.17. The molecule has 0 unspecified atom stereocenters. The summed E-state index contributed by atoms with van der Waals surface area (Å²) in [7, 11) is 0. The molecule has 0 bridgehead atoms. The van der Waals surface area contributed by atoms with E-state index in [2.05, 4.69) is 41.5 Å². The topological polar surface area (TPSA) is 36.4 Å². The van der Waals surface area contributed by atoms with E-state index in [0.717, 1.165) is 54.6 Å². The van der Waals surface area contributed by atoms with Crippen LogP contribution in [0.2, 0.25) is 0 Å². The van der Waals surface area contributed by atoms with E-state index in [1.54, 1.807) is 23.1 Å². The Hall–Kier alpha value is -1.89. The first kappa shape index (κ1) is 18.5.